The van der Waals surface area contributed by atoms with Crippen LogP contribution in [0.15, 0.2) is 41.5 Å². The van der Waals surface area contributed by atoms with E-state index in [1.807, 2.05) is 6.92 Å². The summed E-state index contributed by atoms with van der Waals surface area (Å²) in [5.74, 6) is 0. The maximum Gasteiger partial charge on any atom is 0.328 e. The second kappa shape index (κ2) is 4.87. The molecule has 0 atom stereocenters. The van der Waals surface area contributed by atoms with Gasteiger partial charge in [0, 0.05) is 30.6 Å². The summed E-state index contributed by atoms with van der Waals surface area (Å²) in [5.41, 5.74) is 0.405. The predicted octanol–water partition coefficient (Wildman–Crippen LogP) is 1.63. The Hall–Kier alpha value is -2.37. The van der Waals surface area contributed by atoms with Gasteiger partial charge in [0.25, 0.3) is 5.69 Å². The molecule has 0 fully saturated rings. The zero-order valence-corrected chi connectivity index (χ0v) is 9.94. The number of aromatic nitrogens is 2. The largest absolute Gasteiger partial charge is 0.328 e. The third-order valence-corrected chi connectivity index (χ3v) is 2.79. The topological polar surface area (TPSA) is 70.1 Å². The first-order chi connectivity index (χ1) is 8.63. The molecule has 1 aromatic heterocycles. The number of para-hydroxylation sites is 1. The lowest BCUT2D eigenvalue weighted by molar-refractivity contribution is -0.385. The van der Waals surface area contributed by atoms with Gasteiger partial charge in [-0.15, -0.1) is 0 Å². The monoisotopic (exact) mass is 247 g/mol. The van der Waals surface area contributed by atoms with Crippen LogP contribution >= 0.6 is 0 Å². The number of nitrogens with zero attached hydrogens (tertiary/aromatic N) is 3. The van der Waals surface area contributed by atoms with E-state index < -0.39 is 4.92 Å². The third kappa shape index (κ3) is 2.17. The first-order valence-electron chi connectivity index (χ1n) is 5.61. The number of nitro benzene ring substituents is 1. The van der Waals surface area contributed by atoms with Crippen LogP contribution < -0.4 is 5.69 Å². The first-order valence-corrected chi connectivity index (χ1v) is 5.61. The minimum absolute atomic E-state index is 0.0358. The average Bonchev–Trinajstić information content (AvgIpc) is 2.71. The summed E-state index contributed by atoms with van der Waals surface area (Å²) in [6.45, 7) is 2.67. The van der Waals surface area contributed by atoms with Crippen LogP contribution in [0.4, 0.5) is 5.69 Å². The SMILES string of the molecule is CCn1ccn(Cc2ccccc2[N+](=O)[O-])c1=O. The molecule has 0 aliphatic heterocycles. The van der Waals surface area contributed by atoms with Crippen molar-refractivity contribution in [3.63, 3.8) is 0 Å². The van der Waals surface area contributed by atoms with E-state index in [-0.39, 0.29) is 17.9 Å². The quantitative estimate of drug-likeness (QED) is 0.609. The Labute approximate surface area is 103 Å². The van der Waals surface area contributed by atoms with Crippen molar-refractivity contribution in [2.75, 3.05) is 0 Å². The Morgan fingerprint density at radius 1 is 1.22 bits per heavy atom. The van der Waals surface area contributed by atoms with E-state index in [1.165, 1.54) is 10.6 Å². The maximum atomic E-state index is 11.8. The van der Waals surface area contributed by atoms with Crippen molar-refractivity contribution in [1.29, 1.82) is 0 Å². The van der Waals surface area contributed by atoms with Gasteiger partial charge in [0.05, 0.1) is 11.5 Å². The van der Waals surface area contributed by atoms with Crippen molar-refractivity contribution in [2.24, 2.45) is 0 Å². The fourth-order valence-electron chi connectivity index (χ4n) is 1.82. The summed E-state index contributed by atoms with van der Waals surface area (Å²) in [6.07, 6.45) is 3.32. The molecule has 0 saturated carbocycles. The number of imidazole rings is 1. The van der Waals surface area contributed by atoms with E-state index in [4.69, 9.17) is 0 Å². The van der Waals surface area contributed by atoms with Gasteiger partial charge in [0.1, 0.15) is 0 Å². The van der Waals surface area contributed by atoms with Gasteiger partial charge in [-0.3, -0.25) is 19.2 Å². The van der Waals surface area contributed by atoms with Crippen molar-refractivity contribution in [2.45, 2.75) is 20.0 Å². The minimum Gasteiger partial charge on any atom is -0.300 e. The zero-order chi connectivity index (χ0) is 13.1. The predicted molar refractivity (Wildman–Crippen MR) is 66.6 cm³/mol. The Balaban J connectivity index is 2.37. The lowest BCUT2D eigenvalue weighted by atomic mass is 10.2. The van der Waals surface area contributed by atoms with Crippen LogP contribution in [0.25, 0.3) is 0 Å². The average molecular weight is 247 g/mol. The molecule has 0 amide bonds. The highest BCUT2D eigenvalue weighted by Crippen LogP contribution is 2.18. The standard InChI is InChI=1S/C12H13N3O3/c1-2-13-7-8-14(12(13)16)9-10-5-3-4-6-11(10)15(17)18/h3-8H,2,9H2,1H3. The van der Waals surface area contributed by atoms with E-state index in [0.717, 1.165) is 0 Å². The van der Waals surface area contributed by atoms with E-state index in [9.17, 15) is 14.9 Å². The molecule has 0 N–H and O–H groups in total. The summed E-state index contributed by atoms with van der Waals surface area (Å²) in [5, 5.41) is 10.9. The van der Waals surface area contributed by atoms with Gasteiger partial charge >= 0.3 is 5.69 Å². The van der Waals surface area contributed by atoms with Crippen molar-refractivity contribution < 1.29 is 4.92 Å². The molecule has 0 spiro atoms. The molecule has 18 heavy (non-hydrogen) atoms. The Kier molecular flexibility index (Phi) is 3.27. The van der Waals surface area contributed by atoms with Gasteiger partial charge in [-0.2, -0.15) is 0 Å². The molecule has 0 radical (unpaired) electrons. The van der Waals surface area contributed by atoms with Crippen LogP contribution in [0.2, 0.25) is 0 Å². The Bertz CT molecular complexity index is 627. The van der Waals surface area contributed by atoms with Crippen LogP contribution in [0.5, 0.6) is 0 Å². The molecule has 2 aromatic rings. The molecule has 0 aliphatic rings. The van der Waals surface area contributed by atoms with Crippen molar-refractivity contribution in [3.8, 4) is 0 Å². The fourth-order valence-corrected chi connectivity index (χ4v) is 1.82. The van der Waals surface area contributed by atoms with E-state index in [1.54, 1.807) is 35.2 Å². The smallest absolute Gasteiger partial charge is 0.300 e. The van der Waals surface area contributed by atoms with Crippen LogP contribution in [-0.2, 0) is 13.1 Å². The number of aryl methyl sites for hydroxylation is 1. The van der Waals surface area contributed by atoms with E-state index in [2.05, 4.69) is 0 Å². The molecule has 0 unspecified atom stereocenters. The summed E-state index contributed by atoms with van der Waals surface area (Å²) in [4.78, 5) is 22.3. The molecule has 6 nitrogen and oxygen atoms in total. The fraction of sp³-hybridized carbons (Fsp3) is 0.250. The highest BCUT2D eigenvalue weighted by Gasteiger charge is 2.13. The number of hydrogen-bond donors (Lipinski definition) is 0. The molecule has 6 heteroatoms. The molecule has 94 valence electrons. The van der Waals surface area contributed by atoms with Crippen molar-refractivity contribution >= 4 is 5.69 Å². The molecular weight excluding hydrogens is 234 g/mol. The van der Waals surface area contributed by atoms with Gasteiger partial charge in [0.15, 0.2) is 0 Å². The normalized spacial score (nSPS) is 10.5. The van der Waals surface area contributed by atoms with Crippen LogP contribution in [0.1, 0.15) is 12.5 Å². The molecule has 1 aromatic carbocycles. The maximum absolute atomic E-state index is 11.8. The van der Waals surface area contributed by atoms with Gasteiger partial charge in [-0.05, 0) is 6.92 Å². The summed E-state index contributed by atoms with van der Waals surface area (Å²) in [6, 6.07) is 6.44. The lowest BCUT2D eigenvalue weighted by Crippen LogP contribution is -2.24. The molecular formula is C12H13N3O3. The molecule has 0 aliphatic carbocycles. The molecule has 1 heterocycles. The number of benzene rings is 1. The zero-order valence-electron chi connectivity index (χ0n) is 9.94. The van der Waals surface area contributed by atoms with Crippen LogP contribution in [0.3, 0.4) is 0 Å². The van der Waals surface area contributed by atoms with E-state index in [0.29, 0.717) is 12.1 Å². The van der Waals surface area contributed by atoms with Crippen molar-refractivity contribution in [1.82, 2.24) is 9.13 Å². The second-order valence-electron chi connectivity index (χ2n) is 3.88. The van der Waals surface area contributed by atoms with Crippen LogP contribution in [0, 0.1) is 10.1 Å². The number of hydrogen-bond acceptors (Lipinski definition) is 3. The van der Waals surface area contributed by atoms with Gasteiger partial charge in [-0.1, -0.05) is 18.2 Å². The minimum atomic E-state index is -0.433. The lowest BCUT2D eigenvalue weighted by Gasteiger charge is -2.03. The van der Waals surface area contributed by atoms with Gasteiger partial charge in [0.2, 0.25) is 0 Å². The summed E-state index contributed by atoms with van der Waals surface area (Å²) in [7, 11) is 0. The van der Waals surface area contributed by atoms with E-state index >= 15 is 0 Å². The Morgan fingerprint density at radius 2 is 1.89 bits per heavy atom. The highest BCUT2D eigenvalue weighted by molar-refractivity contribution is 5.39. The second-order valence-corrected chi connectivity index (χ2v) is 3.88. The van der Waals surface area contributed by atoms with Gasteiger partial charge < -0.3 is 0 Å². The first kappa shape index (κ1) is 12.1. The highest BCUT2D eigenvalue weighted by atomic mass is 16.6. The molecule has 0 saturated heterocycles. The van der Waals surface area contributed by atoms with Crippen molar-refractivity contribution in [3.05, 3.63) is 62.8 Å². The summed E-state index contributed by atoms with van der Waals surface area (Å²) >= 11 is 0. The van der Waals surface area contributed by atoms with Gasteiger partial charge in [-0.25, -0.2) is 4.79 Å². The molecule has 0 bridgehead atoms. The summed E-state index contributed by atoms with van der Waals surface area (Å²) < 4.78 is 3.01. The molecule has 2 rings (SSSR count). The Morgan fingerprint density at radius 3 is 2.50 bits per heavy atom. The number of nitro groups is 1. The number of rotatable bonds is 4. The van der Waals surface area contributed by atoms with Crippen LogP contribution in [-0.4, -0.2) is 14.1 Å². The third-order valence-electron chi connectivity index (χ3n) is 2.79.